The number of fused-ring (bicyclic) bond motifs is 1. The SMILES string of the molecule is CCOC(=O)CC1COc2c(C=O)cccc21. The molecule has 1 aromatic rings. The average Bonchev–Trinajstić information content (AvgIpc) is 2.73. The highest BCUT2D eigenvalue weighted by Crippen LogP contribution is 2.37. The van der Waals surface area contributed by atoms with Gasteiger partial charge in [0.05, 0.1) is 25.2 Å². The Bertz CT molecular complexity index is 439. The Morgan fingerprint density at radius 3 is 3.12 bits per heavy atom. The molecule has 0 bridgehead atoms. The summed E-state index contributed by atoms with van der Waals surface area (Å²) < 4.78 is 10.4. The summed E-state index contributed by atoms with van der Waals surface area (Å²) in [5.41, 5.74) is 1.46. The number of benzene rings is 1. The zero-order valence-corrected chi connectivity index (χ0v) is 9.64. The maximum absolute atomic E-state index is 11.4. The quantitative estimate of drug-likeness (QED) is 0.590. The van der Waals surface area contributed by atoms with E-state index in [4.69, 9.17) is 9.47 Å². The van der Waals surface area contributed by atoms with E-state index in [-0.39, 0.29) is 11.9 Å². The van der Waals surface area contributed by atoms with Crippen molar-refractivity contribution in [1.82, 2.24) is 0 Å². The lowest BCUT2D eigenvalue weighted by atomic mass is 9.96. The van der Waals surface area contributed by atoms with Gasteiger partial charge in [-0.1, -0.05) is 12.1 Å². The van der Waals surface area contributed by atoms with Crippen LogP contribution in [0.25, 0.3) is 0 Å². The summed E-state index contributed by atoms with van der Waals surface area (Å²) in [7, 11) is 0. The highest BCUT2D eigenvalue weighted by molar-refractivity contribution is 5.81. The number of aldehydes is 1. The summed E-state index contributed by atoms with van der Waals surface area (Å²) in [5.74, 6) is 0.367. The normalized spacial score (nSPS) is 17.1. The van der Waals surface area contributed by atoms with Gasteiger partial charge in [-0.05, 0) is 13.0 Å². The van der Waals surface area contributed by atoms with Gasteiger partial charge in [-0.15, -0.1) is 0 Å². The fourth-order valence-electron chi connectivity index (χ4n) is 2.02. The minimum absolute atomic E-state index is 0.0102. The van der Waals surface area contributed by atoms with Crippen LogP contribution in [0.2, 0.25) is 0 Å². The number of ether oxygens (including phenoxy) is 2. The van der Waals surface area contributed by atoms with E-state index in [1.165, 1.54) is 0 Å². The Labute approximate surface area is 99.5 Å². The van der Waals surface area contributed by atoms with E-state index >= 15 is 0 Å². The van der Waals surface area contributed by atoms with Gasteiger partial charge in [-0.25, -0.2) is 0 Å². The van der Waals surface area contributed by atoms with Crippen molar-refractivity contribution in [2.45, 2.75) is 19.3 Å². The molecule has 4 heteroatoms. The summed E-state index contributed by atoms with van der Waals surface area (Å²) in [4.78, 5) is 22.2. The second kappa shape index (κ2) is 4.99. The number of rotatable bonds is 4. The minimum atomic E-state index is -0.231. The zero-order chi connectivity index (χ0) is 12.3. The first kappa shape index (κ1) is 11.6. The largest absolute Gasteiger partial charge is 0.492 e. The lowest BCUT2D eigenvalue weighted by Gasteiger charge is -2.07. The second-order valence-electron chi connectivity index (χ2n) is 3.90. The Kier molecular flexibility index (Phi) is 3.42. The van der Waals surface area contributed by atoms with Crippen LogP contribution < -0.4 is 4.74 Å². The van der Waals surface area contributed by atoms with E-state index in [0.717, 1.165) is 11.8 Å². The van der Waals surface area contributed by atoms with Gasteiger partial charge in [-0.2, -0.15) is 0 Å². The third kappa shape index (κ3) is 2.30. The zero-order valence-electron chi connectivity index (χ0n) is 9.64. The van der Waals surface area contributed by atoms with Crippen molar-refractivity contribution in [3.63, 3.8) is 0 Å². The van der Waals surface area contributed by atoms with E-state index in [0.29, 0.717) is 30.9 Å². The molecule has 0 fully saturated rings. The Morgan fingerprint density at radius 2 is 2.41 bits per heavy atom. The van der Waals surface area contributed by atoms with Crippen molar-refractivity contribution in [1.29, 1.82) is 0 Å². The first-order valence-electron chi connectivity index (χ1n) is 5.62. The molecule has 17 heavy (non-hydrogen) atoms. The van der Waals surface area contributed by atoms with Gasteiger partial charge in [0.15, 0.2) is 6.29 Å². The summed E-state index contributed by atoms with van der Waals surface area (Å²) in [6.07, 6.45) is 1.06. The van der Waals surface area contributed by atoms with Gasteiger partial charge in [0, 0.05) is 11.5 Å². The highest BCUT2D eigenvalue weighted by Gasteiger charge is 2.28. The standard InChI is InChI=1S/C13H14O4/c1-2-16-12(15)6-10-8-17-13-9(7-14)4-3-5-11(10)13/h3-5,7,10H,2,6,8H2,1H3. The first-order chi connectivity index (χ1) is 8.26. The molecular weight excluding hydrogens is 220 g/mol. The van der Waals surface area contributed by atoms with Crippen LogP contribution in [-0.2, 0) is 9.53 Å². The summed E-state index contributed by atoms with van der Waals surface area (Å²) in [6.45, 7) is 2.59. The molecule has 2 rings (SSSR count). The number of carbonyl (C=O) groups excluding carboxylic acids is 2. The van der Waals surface area contributed by atoms with Crippen LogP contribution in [0.5, 0.6) is 5.75 Å². The van der Waals surface area contributed by atoms with Crippen LogP contribution in [0.4, 0.5) is 0 Å². The number of para-hydroxylation sites is 1. The third-order valence-corrected chi connectivity index (χ3v) is 2.79. The van der Waals surface area contributed by atoms with E-state index in [9.17, 15) is 9.59 Å². The lowest BCUT2D eigenvalue weighted by Crippen LogP contribution is -2.11. The van der Waals surface area contributed by atoms with Crippen molar-refractivity contribution >= 4 is 12.3 Å². The van der Waals surface area contributed by atoms with Crippen molar-refractivity contribution in [2.75, 3.05) is 13.2 Å². The topological polar surface area (TPSA) is 52.6 Å². The number of esters is 1. The van der Waals surface area contributed by atoms with Crippen LogP contribution in [0.3, 0.4) is 0 Å². The molecule has 90 valence electrons. The molecule has 1 atom stereocenters. The van der Waals surface area contributed by atoms with Gasteiger partial charge >= 0.3 is 5.97 Å². The van der Waals surface area contributed by atoms with Gasteiger partial charge in [-0.3, -0.25) is 9.59 Å². The second-order valence-corrected chi connectivity index (χ2v) is 3.90. The van der Waals surface area contributed by atoms with Gasteiger partial charge in [0.25, 0.3) is 0 Å². The molecular formula is C13H14O4. The molecule has 0 amide bonds. The molecule has 1 aliphatic rings. The summed E-state index contributed by atoms with van der Waals surface area (Å²) in [5, 5.41) is 0. The number of hydrogen-bond acceptors (Lipinski definition) is 4. The van der Waals surface area contributed by atoms with Crippen LogP contribution in [0, 0.1) is 0 Å². The minimum Gasteiger partial charge on any atom is -0.492 e. The Balaban J connectivity index is 2.17. The third-order valence-electron chi connectivity index (χ3n) is 2.79. The molecule has 1 aliphatic heterocycles. The summed E-state index contributed by atoms with van der Waals surface area (Å²) >= 11 is 0. The fourth-order valence-corrected chi connectivity index (χ4v) is 2.02. The van der Waals surface area contributed by atoms with Crippen molar-refractivity contribution < 1.29 is 19.1 Å². The smallest absolute Gasteiger partial charge is 0.306 e. The molecule has 1 heterocycles. The van der Waals surface area contributed by atoms with Crippen molar-refractivity contribution in [3.8, 4) is 5.75 Å². The lowest BCUT2D eigenvalue weighted by molar-refractivity contribution is -0.143. The molecule has 0 aliphatic carbocycles. The first-order valence-corrected chi connectivity index (χ1v) is 5.62. The molecule has 0 radical (unpaired) electrons. The van der Waals surface area contributed by atoms with Crippen molar-refractivity contribution in [2.24, 2.45) is 0 Å². The van der Waals surface area contributed by atoms with Crippen LogP contribution in [0.1, 0.15) is 35.2 Å². The van der Waals surface area contributed by atoms with Gasteiger partial charge < -0.3 is 9.47 Å². The van der Waals surface area contributed by atoms with Crippen LogP contribution in [-0.4, -0.2) is 25.5 Å². The average molecular weight is 234 g/mol. The maximum Gasteiger partial charge on any atom is 0.306 e. The van der Waals surface area contributed by atoms with E-state index in [2.05, 4.69) is 0 Å². The molecule has 1 unspecified atom stereocenters. The highest BCUT2D eigenvalue weighted by atomic mass is 16.5. The Hall–Kier alpha value is -1.84. The molecule has 0 saturated heterocycles. The van der Waals surface area contributed by atoms with Crippen LogP contribution in [0.15, 0.2) is 18.2 Å². The van der Waals surface area contributed by atoms with Gasteiger partial charge in [0.1, 0.15) is 5.75 Å². The molecule has 0 saturated carbocycles. The molecule has 0 aromatic heterocycles. The van der Waals surface area contributed by atoms with Gasteiger partial charge in [0.2, 0.25) is 0 Å². The van der Waals surface area contributed by atoms with Crippen LogP contribution >= 0.6 is 0 Å². The van der Waals surface area contributed by atoms with E-state index < -0.39 is 0 Å². The number of carbonyl (C=O) groups is 2. The summed E-state index contributed by atoms with van der Waals surface area (Å²) in [6, 6.07) is 5.40. The Morgan fingerprint density at radius 1 is 1.59 bits per heavy atom. The van der Waals surface area contributed by atoms with E-state index in [1.807, 2.05) is 6.07 Å². The maximum atomic E-state index is 11.4. The predicted molar refractivity (Wildman–Crippen MR) is 61.3 cm³/mol. The fraction of sp³-hybridized carbons (Fsp3) is 0.385. The van der Waals surface area contributed by atoms with E-state index in [1.54, 1.807) is 19.1 Å². The molecule has 0 N–H and O–H groups in total. The monoisotopic (exact) mass is 234 g/mol. The predicted octanol–water partition coefficient (Wildman–Crippen LogP) is 1.93. The molecule has 4 nitrogen and oxygen atoms in total. The molecule has 1 aromatic carbocycles. The number of hydrogen-bond donors (Lipinski definition) is 0. The molecule has 0 spiro atoms. The van der Waals surface area contributed by atoms with Crippen molar-refractivity contribution in [3.05, 3.63) is 29.3 Å².